The third-order valence-electron chi connectivity index (χ3n) is 3.22. The molecule has 0 saturated heterocycles. The molecule has 1 aliphatic rings. The fourth-order valence-corrected chi connectivity index (χ4v) is 2.37. The van der Waals surface area contributed by atoms with E-state index in [4.69, 9.17) is 0 Å². The van der Waals surface area contributed by atoms with Gasteiger partial charge in [-0.05, 0) is 36.9 Å². The van der Waals surface area contributed by atoms with E-state index in [2.05, 4.69) is 22.2 Å². The van der Waals surface area contributed by atoms with Gasteiger partial charge in [0, 0.05) is 12.6 Å². The topological polar surface area (TPSA) is 21.3 Å². The van der Waals surface area contributed by atoms with Crippen LogP contribution in [0.15, 0.2) is 24.3 Å². The molecule has 0 fully saturated rings. The Kier molecular flexibility index (Phi) is 4.82. The van der Waals surface area contributed by atoms with E-state index in [0.29, 0.717) is 19.0 Å². The largest absolute Gasteiger partial charge is 0.411 e. The van der Waals surface area contributed by atoms with E-state index in [1.54, 1.807) is 0 Å². The van der Waals surface area contributed by atoms with E-state index in [1.165, 1.54) is 11.1 Å². The van der Waals surface area contributed by atoms with Crippen molar-refractivity contribution < 1.29 is 17.9 Å². The molecule has 1 N–H and O–H groups in total. The molecule has 0 saturated carbocycles. The maximum absolute atomic E-state index is 11.8. The molecule has 0 amide bonds. The van der Waals surface area contributed by atoms with Crippen molar-refractivity contribution in [3.8, 4) is 0 Å². The predicted octanol–water partition coefficient (Wildman–Crippen LogP) is 2.71. The van der Waals surface area contributed by atoms with Gasteiger partial charge in [-0.1, -0.05) is 24.3 Å². The Morgan fingerprint density at radius 3 is 2.37 bits per heavy atom. The highest BCUT2D eigenvalue weighted by molar-refractivity contribution is 5.33. The molecular weight excluding hydrogens is 255 g/mol. The first-order chi connectivity index (χ1) is 9.04. The number of nitrogens with one attached hydrogen (secondary N) is 1. The lowest BCUT2D eigenvalue weighted by atomic mass is 10.1. The lowest BCUT2D eigenvalue weighted by Gasteiger charge is -2.12. The highest BCUT2D eigenvalue weighted by Gasteiger charge is 2.27. The Labute approximate surface area is 111 Å². The van der Waals surface area contributed by atoms with Crippen LogP contribution >= 0.6 is 0 Å². The minimum Gasteiger partial charge on any atom is -0.372 e. The molecule has 1 aromatic carbocycles. The smallest absolute Gasteiger partial charge is 0.372 e. The van der Waals surface area contributed by atoms with Crippen molar-refractivity contribution in [2.45, 2.75) is 31.5 Å². The Balaban J connectivity index is 1.56. The quantitative estimate of drug-likeness (QED) is 0.805. The third kappa shape index (κ3) is 4.84. The Morgan fingerprint density at radius 1 is 1.16 bits per heavy atom. The van der Waals surface area contributed by atoms with Gasteiger partial charge in [-0.3, -0.25) is 0 Å². The summed E-state index contributed by atoms with van der Waals surface area (Å²) in [6.45, 7) is -0.315. The van der Waals surface area contributed by atoms with Crippen molar-refractivity contribution in [1.82, 2.24) is 5.32 Å². The Hall–Kier alpha value is -1.07. The van der Waals surface area contributed by atoms with Crippen LogP contribution in [0.5, 0.6) is 0 Å². The van der Waals surface area contributed by atoms with E-state index in [1.807, 2.05) is 12.1 Å². The maximum atomic E-state index is 11.8. The molecule has 0 radical (unpaired) electrons. The molecule has 2 rings (SSSR count). The van der Waals surface area contributed by atoms with Crippen molar-refractivity contribution >= 4 is 0 Å². The molecule has 0 bridgehead atoms. The van der Waals surface area contributed by atoms with Gasteiger partial charge in [-0.2, -0.15) is 13.2 Å². The lowest BCUT2D eigenvalue weighted by Crippen LogP contribution is -2.31. The Morgan fingerprint density at radius 2 is 1.79 bits per heavy atom. The van der Waals surface area contributed by atoms with Crippen LogP contribution < -0.4 is 5.32 Å². The molecule has 0 aliphatic heterocycles. The van der Waals surface area contributed by atoms with Crippen LogP contribution in [0.2, 0.25) is 0 Å². The zero-order chi connectivity index (χ0) is 13.7. The Bertz CT molecular complexity index is 381. The number of halogens is 3. The van der Waals surface area contributed by atoms with E-state index in [9.17, 15) is 13.2 Å². The standard InChI is InChI=1S/C14H18F3NO/c15-14(16,17)10-19-7-3-6-18-13-8-11-4-1-2-5-12(11)9-13/h1-2,4-5,13,18H,3,6-10H2. The molecule has 0 unspecified atom stereocenters. The fourth-order valence-electron chi connectivity index (χ4n) is 2.37. The molecule has 106 valence electrons. The number of alkyl halides is 3. The first-order valence-corrected chi connectivity index (χ1v) is 6.49. The lowest BCUT2D eigenvalue weighted by molar-refractivity contribution is -0.173. The minimum absolute atomic E-state index is 0.145. The van der Waals surface area contributed by atoms with Gasteiger partial charge in [0.2, 0.25) is 0 Å². The van der Waals surface area contributed by atoms with E-state index < -0.39 is 12.8 Å². The van der Waals surface area contributed by atoms with Gasteiger partial charge >= 0.3 is 6.18 Å². The number of hydrogen-bond donors (Lipinski definition) is 1. The van der Waals surface area contributed by atoms with Gasteiger partial charge in [0.1, 0.15) is 6.61 Å². The van der Waals surface area contributed by atoms with Gasteiger partial charge in [0.05, 0.1) is 0 Å². The average Bonchev–Trinajstić information content (AvgIpc) is 2.74. The summed E-state index contributed by atoms with van der Waals surface area (Å²) in [6, 6.07) is 8.73. The van der Waals surface area contributed by atoms with Gasteiger partial charge in [-0.15, -0.1) is 0 Å². The zero-order valence-electron chi connectivity index (χ0n) is 10.7. The summed E-state index contributed by atoms with van der Waals surface area (Å²) in [5.74, 6) is 0. The number of fused-ring (bicyclic) bond motifs is 1. The van der Waals surface area contributed by atoms with Gasteiger partial charge in [0.15, 0.2) is 0 Å². The fraction of sp³-hybridized carbons (Fsp3) is 0.571. The summed E-state index contributed by atoms with van der Waals surface area (Å²) >= 11 is 0. The number of ether oxygens (including phenoxy) is 1. The summed E-state index contributed by atoms with van der Waals surface area (Å²) < 4.78 is 40.0. The molecule has 0 heterocycles. The number of hydrogen-bond acceptors (Lipinski definition) is 2. The molecule has 5 heteroatoms. The second kappa shape index (κ2) is 6.39. The summed E-state index contributed by atoms with van der Waals surface area (Å²) in [6.07, 6.45) is -1.62. The second-order valence-corrected chi connectivity index (χ2v) is 4.85. The van der Waals surface area contributed by atoms with Crippen LogP contribution in [0.3, 0.4) is 0 Å². The van der Waals surface area contributed by atoms with Crippen LogP contribution in [-0.4, -0.2) is 32.0 Å². The van der Waals surface area contributed by atoms with Crippen molar-refractivity contribution in [1.29, 1.82) is 0 Å². The van der Waals surface area contributed by atoms with Crippen molar-refractivity contribution in [2.75, 3.05) is 19.8 Å². The molecule has 2 nitrogen and oxygen atoms in total. The first-order valence-electron chi connectivity index (χ1n) is 6.49. The van der Waals surface area contributed by atoms with E-state index in [0.717, 1.165) is 12.8 Å². The highest BCUT2D eigenvalue weighted by Crippen LogP contribution is 2.21. The minimum atomic E-state index is -4.22. The van der Waals surface area contributed by atoms with Crippen LogP contribution in [0.1, 0.15) is 17.5 Å². The third-order valence-corrected chi connectivity index (χ3v) is 3.22. The summed E-state index contributed by atoms with van der Waals surface area (Å²) in [7, 11) is 0. The normalized spacial score (nSPS) is 15.7. The van der Waals surface area contributed by atoms with Crippen LogP contribution in [0.25, 0.3) is 0 Å². The van der Waals surface area contributed by atoms with Crippen molar-refractivity contribution in [2.24, 2.45) is 0 Å². The molecule has 1 aromatic rings. The van der Waals surface area contributed by atoms with Crippen molar-refractivity contribution in [3.05, 3.63) is 35.4 Å². The molecular formula is C14H18F3NO. The monoisotopic (exact) mass is 273 g/mol. The molecule has 1 aliphatic carbocycles. The zero-order valence-corrected chi connectivity index (χ0v) is 10.7. The molecule has 0 spiro atoms. The maximum Gasteiger partial charge on any atom is 0.411 e. The van der Waals surface area contributed by atoms with Crippen LogP contribution in [0.4, 0.5) is 13.2 Å². The summed E-state index contributed by atoms with van der Waals surface area (Å²) in [5, 5.41) is 3.36. The average molecular weight is 273 g/mol. The summed E-state index contributed by atoms with van der Waals surface area (Å²) in [5.41, 5.74) is 2.74. The van der Waals surface area contributed by atoms with Gasteiger partial charge in [-0.25, -0.2) is 0 Å². The molecule has 0 aromatic heterocycles. The van der Waals surface area contributed by atoms with Gasteiger partial charge in [0.25, 0.3) is 0 Å². The first kappa shape index (κ1) is 14.3. The second-order valence-electron chi connectivity index (χ2n) is 4.85. The molecule has 19 heavy (non-hydrogen) atoms. The number of benzene rings is 1. The SMILES string of the molecule is FC(F)(F)COCCCNC1Cc2ccccc2C1. The number of rotatable bonds is 6. The molecule has 0 atom stereocenters. The van der Waals surface area contributed by atoms with Crippen molar-refractivity contribution in [3.63, 3.8) is 0 Å². The van der Waals surface area contributed by atoms with Crippen LogP contribution in [0, 0.1) is 0 Å². The summed E-state index contributed by atoms with van der Waals surface area (Å²) in [4.78, 5) is 0. The van der Waals surface area contributed by atoms with Gasteiger partial charge < -0.3 is 10.1 Å². The highest BCUT2D eigenvalue weighted by atomic mass is 19.4. The van der Waals surface area contributed by atoms with Crippen LogP contribution in [-0.2, 0) is 17.6 Å². The van der Waals surface area contributed by atoms with E-state index >= 15 is 0 Å². The van der Waals surface area contributed by atoms with E-state index in [-0.39, 0.29) is 6.61 Å². The predicted molar refractivity (Wildman–Crippen MR) is 67.1 cm³/mol.